The van der Waals surface area contributed by atoms with Gasteiger partial charge in [-0.3, -0.25) is 4.79 Å². The molecule has 0 amide bonds. The number of hydrogen-bond acceptors (Lipinski definition) is 5. The van der Waals surface area contributed by atoms with Crippen LogP contribution in [0.5, 0.6) is 0 Å². The molecule has 0 atom stereocenters. The van der Waals surface area contributed by atoms with Gasteiger partial charge in [-0.15, -0.1) is 0 Å². The number of hydrogen-bond donors (Lipinski definition) is 1. The third-order valence-corrected chi connectivity index (χ3v) is 4.47. The van der Waals surface area contributed by atoms with Gasteiger partial charge in [0, 0.05) is 17.7 Å². The van der Waals surface area contributed by atoms with Gasteiger partial charge in [-0.1, -0.05) is 59.9 Å². The van der Waals surface area contributed by atoms with Gasteiger partial charge in [0.05, 0.1) is 5.69 Å². The molecule has 1 heterocycles. The predicted molar refractivity (Wildman–Crippen MR) is 99.2 cm³/mol. The highest BCUT2D eigenvalue weighted by Crippen LogP contribution is 2.32. The minimum absolute atomic E-state index is 0.0437. The second-order valence-electron chi connectivity index (χ2n) is 5.86. The van der Waals surface area contributed by atoms with E-state index in [1.807, 2.05) is 56.6 Å². The number of anilines is 1. The number of nitrogens with two attached hydrogens (primary N) is 1. The average molecular weight is 337 g/mol. The second-order valence-corrected chi connectivity index (χ2v) is 6.89. The summed E-state index contributed by atoms with van der Waals surface area (Å²) in [5.74, 6) is -0.0437. The molecule has 3 rings (SSSR count). The maximum absolute atomic E-state index is 12.8. The molecule has 2 N–H and O–H groups in total. The molecule has 0 radical (unpaired) electrons. The van der Waals surface area contributed by atoms with E-state index >= 15 is 0 Å². The van der Waals surface area contributed by atoms with E-state index < -0.39 is 0 Å². The first-order valence-corrected chi connectivity index (χ1v) is 8.46. The number of carbonyl (C=O) groups excluding carboxylic acids is 1. The normalized spacial score (nSPS) is 11.0. The average Bonchev–Trinajstić information content (AvgIpc) is 2.96. The van der Waals surface area contributed by atoms with E-state index in [2.05, 4.69) is 22.0 Å². The van der Waals surface area contributed by atoms with Crippen molar-refractivity contribution < 1.29 is 4.79 Å². The first-order chi connectivity index (χ1) is 11.5. The van der Waals surface area contributed by atoms with Crippen LogP contribution in [0.4, 0.5) is 5.13 Å². The van der Waals surface area contributed by atoms with E-state index in [9.17, 15) is 4.79 Å². The van der Waals surface area contributed by atoms with Gasteiger partial charge in [-0.25, -0.2) is 4.98 Å². The standard InChI is InChI=1S/C19H19N3OS/c1-22(2)12-13-7-6-10-15(11-13)16-18(24-19(20)21-16)17(23)14-8-4-3-5-9-14/h3-11H,12H2,1-2H3,(H2,20,21). The summed E-state index contributed by atoms with van der Waals surface area (Å²) in [7, 11) is 4.05. The topological polar surface area (TPSA) is 59.2 Å². The monoisotopic (exact) mass is 337 g/mol. The SMILES string of the molecule is CN(C)Cc1cccc(-c2nc(N)sc2C(=O)c2ccccc2)c1. The van der Waals surface area contributed by atoms with E-state index in [0.29, 0.717) is 21.3 Å². The summed E-state index contributed by atoms with van der Waals surface area (Å²) < 4.78 is 0. The fraction of sp³-hybridized carbons (Fsp3) is 0.158. The highest BCUT2D eigenvalue weighted by molar-refractivity contribution is 7.18. The van der Waals surface area contributed by atoms with Crippen LogP contribution in [0, 0.1) is 0 Å². The number of thiazole rings is 1. The molecule has 0 aliphatic heterocycles. The molecule has 0 aliphatic rings. The van der Waals surface area contributed by atoms with Gasteiger partial charge < -0.3 is 10.6 Å². The Hall–Kier alpha value is -2.50. The summed E-state index contributed by atoms with van der Waals surface area (Å²) in [5, 5.41) is 0.405. The molecule has 4 nitrogen and oxygen atoms in total. The lowest BCUT2D eigenvalue weighted by atomic mass is 10.0. The Balaban J connectivity index is 2.02. The minimum Gasteiger partial charge on any atom is -0.375 e. The van der Waals surface area contributed by atoms with Gasteiger partial charge in [0.2, 0.25) is 5.78 Å². The smallest absolute Gasteiger partial charge is 0.205 e. The van der Waals surface area contributed by atoms with Crippen LogP contribution >= 0.6 is 11.3 Å². The highest BCUT2D eigenvalue weighted by Gasteiger charge is 2.20. The van der Waals surface area contributed by atoms with E-state index in [0.717, 1.165) is 12.1 Å². The maximum Gasteiger partial charge on any atom is 0.205 e. The van der Waals surface area contributed by atoms with Gasteiger partial charge in [0.15, 0.2) is 5.13 Å². The molecule has 122 valence electrons. The number of nitrogen functional groups attached to an aromatic ring is 1. The summed E-state index contributed by atoms with van der Waals surface area (Å²) in [6.45, 7) is 0.829. The molecule has 1 aromatic heterocycles. The molecule has 0 fully saturated rings. The lowest BCUT2D eigenvalue weighted by Crippen LogP contribution is -2.10. The van der Waals surface area contributed by atoms with Gasteiger partial charge >= 0.3 is 0 Å². The first kappa shape index (κ1) is 16.4. The molecule has 2 aromatic carbocycles. The lowest BCUT2D eigenvalue weighted by molar-refractivity contribution is 0.104. The molecular formula is C19H19N3OS. The van der Waals surface area contributed by atoms with Gasteiger partial charge in [-0.2, -0.15) is 0 Å². The zero-order valence-corrected chi connectivity index (χ0v) is 14.5. The molecule has 24 heavy (non-hydrogen) atoms. The summed E-state index contributed by atoms with van der Waals surface area (Å²) >= 11 is 1.24. The van der Waals surface area contributed by atoms with E-state index in [4.69, 9.17) is 5.73 Å². The van der Waals surface area contributed by atoms with Gasteiger partial charge in [0.25, 0.3) is 0 Å². The third kappa shape index (κ3) is 3.53. The predicted octanol–water partition coefficient (Wildman–Crippen LogP) is 3.68. The fourth-order valence-corrected chi connectivity index (χ4v) is 3.41. The van der Waals surface area contributed by atoms with Crippen LogP contribution in [0.2, 0.25) is 0 Å². The largest absolute Gasteiger partial charge is 0.375 e. The molecular weight excluding hydrogens is 318 g/mol. The van der Waals surface area contributed by atoms with Crippen molar-refractivity contribution in [2.75, 3.05) is 19.8 Å². The van der Waals surface area contributed by atoms with Crippen molar-refractivity contribution in [2.24, 2.45) is 0 Å². The number of aromatic nitrogens is 1. The molecule has 0 bridgehead atoms. The van der Waals surface area contributed by atoms with E-state index in [-0.39, 0.29) is 5.78 Å². The zero-order valence-electron chi connectivity index (χ0n) is 13.7. The third-order valence-electron chi connectivity index (χ3n) is 3.59. The summed E-state index contributed by atoms with van der Waals surface area (Å²) in [6, 6.07) is 17.3. The number of ketones is 1. The number of nitrogens with zero attached hydrogens (tertiary/aromatic N) is 2. The fourth-order valence-electron chi connectivity index (χ4n) is 2.59. The molecule has 5 heteroatoms. The van der Waals surface area contributed by atoms with Gasteiger partial charge in [-0.05, 0) is 25.7 Å². The van der Waals surface area contributed by atoms with Crippen molar-refractivity contribution in [3.8, 4) is 11.3 Å². The summed E-state index contributed by atoms with van der Waals surface area (Å²) in [6.07, 6.45) is 0. The Morgan fingerprint density at radius 2 is 1.88 bits per heavy atom. The molecule has 0 saturated heterocycles. The summed E-state index contributed by atoms with van der Waals surface area (Å²) in [4.78, 5) is 19.9. The zero-order chi connectivity index (χ0) is 17.1. The molecule has 0 unspecified atom stereocenters. The Bertz CT molecular complexity index is 856. The lowest BCUT2D eigenvalue weighted by Gasteiger charge is -2.10. The second kappa shape index (κ2) is 6.95. The maximum atomic E-state index is 12.8. The minimum atomic E-state index is -0.0437. The van der Waals surface area contributed by atoms with Crippen LogP contribution < -0.4 is 5.73 Å². The number of carbonyl (C=O) groups is 1. The Morgan fingerprint density at radius 1 is 1.12 bits per heavy atom. The van der Waals surface area contributed by atoms with Crippen molar-refractivity contribution in [2.45, 2.75) is 6.54 Å². The van der Waals surface area contributed by atoms with Crippen LogP contribution in [-0.2, 0) is 6.54 Å². The highest BCUT2D eigenvalue weighted by atomic mass is 32.1. The van der Waals surface area contributed by atoms with Crippen molar-refractivity contribution >= 4 is 22.3 Å². The number of benzene rings is 2. The van der Waals surface area contributed by atoms with Gasteiger partial charge in [0.1, 0.15) is 4.88 Å². The van der Waals surface area contributed by atoms with Crippen molar-refractivity contribution in [3.63, 3.8) is 0 Å². The van der Waals surface area contributed by atoms with Crippen molar-refractivity contribution in [1.82, 2.24) is 9.88 Å². The van der Waals surface area contributed by atoms with E-state index in [1.54, 1.807) is 0 Å². The van der Waals surface area contributed by atoms with Crippen LogP contribution in [-0.4, -0.2) is 29.8 Å². The molecule has 3 aromatic rings. The molecule has 0 saturated carbocycles. The van der Waals surface area contributed by atoms with Crippen LogP contribution in [0.15, 0.2) is 54.6 Å². The number of rotatable bonds is 5. The Morgan fingerprint density at radius 3 is 2.58 bits per heavy atom. The van der Waals surface area contributed by atoms with Crippen LogP contribution in [0.1, 0.15) is 20.8 Å². The molecule has 0 spiro atoms. The van der Waals surface area contributed by atoms with Crippen LogP contribution in [0.25, 0.3) is 11.3 Å². The Labute approximate surface area is 145 Å². The molecule has 0 aliphatic carbocycles. The van der Waals surface area contributed by atoms with Crippen molar-refractivity contribution in [1.29, 1.82) is 0 Å². The quantitative estimate of drug-likeness (QED) is 0.722. The van der Waals surface area contributed by atoms with Crippen LogP contribution in [0.3, 0.4) is 0 Å². The first-order valence-electron chi connectivity index (χ1n) is 7.64. The Kier molecular flexibility index (Phi) is 4.74. The summed E-state index contributed by atoms with van der Waals surface area (Å²) in [5.41, 5.74) is 9.29. The van der Waals surface area contributed by atoms with Crippen molar-refractivity contribution in [3.05, 3.63) is 70.6 Å². The van der Waals surface area contributed by atoms with E-state index in [1.165, 1.54) is 16.9 Å².